The second-order valence-corrected chi connectivity index (χ2v) is 4.57. The smallest absolute Gasteiger partial charge is 0.337 e. The number of carbonyl (C=O) groups excluding carboxylic acids is 1. The van der Waals surface area contributed by atoms with Gasteiger partial charge in [0.25, 0.3) is 0 Å². The topological polar surface area (TPSA) is 39.2 Å². The van der Waals surface area contributed by atoms with E-state index in [1.807, 2.05) is 30.3 Å². The minimum atomic E-state index is -0.458. The van der Waals surface area contributed by atoms with Gasteiger partial charge in [0.15, 0.2) is 0 Å². The molecule has 0 saturated heterocycles. The average Bonchev–Trinajstić information content (AvgIpc) is 2.55. The van der Waals surface area contributed by atoms with Crippen LogP contribution in [0.1, 0.15) is 10.4 Å². The van der Waals surface area contributed by atoms with Gasteiger partial charge in [0.2, 0.25) is 0 Å². The van der Waals surface area contributed by atoms with E-state index in [0.29, 0.717) is 22.0 Å². The van der Waals surface area contributed by atoms with Crippen LogP contribution in [-0.4, -0.2) is 18.1 Å². The molecule has 0 aliphatic carbocycles. The average molecular weight is 281 g/mol. The van der Waals surface area contributed by atoms with Crippen molar-refractivity contribution < 1.29 is 13.9 Å². The molecular weight excluding hydrogens is 269 g/mol. The molecule has 0 fully saturated rings. The van der Waals surface area contributed by atoms with Gasteiger partial charge in [0.05, 0.1) is 24.6 Å². The molecule has 0 saturated carbocycles. The first-order valence-electron chi connectivity index (χ1n) is 6.42. The number of pyridine rings is 1. The van der Waals surface area contributed by atoms with Crippen molar-refractivity contribution in [2.45, 2.75) is 0 Å². The lowest BCUT2D eigenvalue weighted by Gasteiger charge is -2.08. The van der Waals surface area contributed by atoms with Crippen molar-refractivity contribution in [3.8, 4) is 11.3 Å². The highest BCUT2D eigenvalue weighted by Crippen LogP contribution is 2.29. The summed E-state index contributed by atoms with van der Waals surface area (Å²) in [5.41, 5.74) is 1.87. The Hall–Kier alpha value is -2.75. The van der Waals surface area contributed by atoms with E-state index in [-0.39, 0.29) is 0 Å². The van der Waals surface area contributed by atoms with Crippen molar-refractivity contribution in [1.82, 2.24) is 4.98 Å². The van der Waals surface area contributed by atoms with E-state index in [9.17, 15) is 9.18 Å². The van der Waals surface area contributed by atoms with Crippen LogP contribution in [0.5, 0.6) is 0 Å². The molecule has 0 bridgehead atoms. The lowest BCUT2D eigenvalue weighted by molar-refractivity contribution is 0.0601. The van der Waals surface area contributed by atoms with Crippen LogP contribution < -0.4 is 0 Å². The number of ether oxygens (including phenoxy) is 1. The van der Waals surface area contributed by atoms with Crippen LogP contribution in [0.25, 0.3) is 22.0 Å². The van der Waals surface area contributed by atoms with Gasteiger partial charge in [-0.3, -0.25) is 4.98 Å². The molecule has 0 N–H and O–H groups in total. The molecule has 0 radical (unpaired) electrons. The first-order valence-corrected chi connectivity index (χ1v) is 6.42. The highest BCUT2D eigenvalue weighted by molar-refractivity contribution is 6.00. The quantitative estimate of drug-likeness (QED) is 0.670. The number of methoxy groups -OCH3 is 1. The van der Waals surface area contributed by atoms with Crippen molar-refractivity contribution in [2.24, 2.45) is 0 Å². The molecule has 0 atom stereocenters. The third-order valence-electron chi connectivity index (χ3n) is 3.31. The number of hydrogen-bond donors (Lipinski definition) is 0. The third kappa shape index (κ3) is 2.36. The fourth-order valence-corrected chi connectivity index (χ4v) is 2.28. The molecule has 0 aliphatic rings. The molecule has 0 amide bonds. The Kier molecular flexibility index (Phi) is 3.36. The first kappa shape index (κ1) is 13.2. The van der Waals surface area contributed by atoms with Gasteiger partial charge in [-0.25, -0.2) is 9.18 Å². The highest BCUT2D eigenvalue weighted by Gasteiger charge is 2.13. The normalized spacial score (nSPS) is 10.6. The number of halogens is 1. The van der Waals surface area contributed by atoms with Crippen LogP contribution in [0.4, 0.5) is 4.39 Å². The Morgan fingerprint density at radius 3 is 2.57 bits per heavy atom. The molecule has 1 heterocycles. The summed E-state index contributed by atoms with van der Waals surface area (Å²) in [6.45, 7) is 0. The maximum atomic E-state index is 13.9. The second kappa shape index (κ2) is 5.32. The monoisotopic (exact) mass is 281 g/mol. The summed E-state index contributed by atoms with van der Waals surface area (Å²) in [4.78, 5) is 15.8. The molecule has 0 unspecified atom stereocenters. The SMILES string of the molecule is COC(=O)c1ccc2c(F)cnc(-c3ccccc3)c2c1. The Morgan fingerprint density at radius 2 is 1.86 bits per heavy atom. The molecule has 1 aromatic heterocycles. The maximum absolute atomic E-state index is 13.9. The lowest BCUT2D eigenvalue weighted by atomic mass is 10.0. The summed E-state index contributed by atoms with van der Waals surface area (Å²) < 4.78 is 18.6. The van der Waals surface area contributed by atoms with Crippen LogP contribution in [0.3, 0.4) is 0 Å². The first-order chi connectivity index (χ1) is 10.2. The molecular formula is C17H12FNO2. The standard InChI is InChI=1S/C17H12FNO2/c1-21-17(20)12-7-8-13-14(9-12)16(19-10-15(13)18)11-5-3-2-4-6-11/h2-10H,1H3. The minimum absolute atomic E-state index is 0.370. The second-order valence-electron chi connectivity index (χ2n) is 4.57. The van der Waals surface area contributed by atoms with E-state index in [0.717, 1.165) is 5.56 Å². The van der Waals surface area contributed by atoms with Gasteiger partial charge in [-0.1, -0.05) is 36.4 Å². The van der Waals surface area contributed by atoms with Crippen molar-refractivity contribution in [3.63, 3.8) is 0 Å². The summed E-state index contributed by atoms with van der Waals surface area (Å²) in [6.07, 6.45) is 1.20. The van der Waals surface area contributed by atoms with Crippen molar-refractivity contribution >= 4 is 16.7 Å². The maximum Gasteiger partial charge on any atom is 0.337 e. The summed E-state index contributed by atoms with van der Waals surface area (Å²) >= 11 is 0. The number of nitrogens with zero attached hydrogens (tertiary/aromatic N) is 1. The summed E-state index contributed by atoms with van der Waals surface area (Å²) in [7, 11) is 1.31. The Balaban J connectivity index is 2.30. The Labute approximate surface area is 121 Å². The molecule has 3 nitrogen and oxygen atoms in total. The summed E-state index contributed by atoms with van der Waals surface area (Å²) in [5.74, 6) is -0.874. The van der Waals surface area contributed by atoms with E-state index in [1.165, 1.54) is 13.3 Å². The van der Waals surface area contributed by atoms with Gasteiger partial charge in [-0.2, -0.15) is 0 Å². The fourth-order valence-electron chi connectivity index (χ4n) is 2.28. The molecule has 104 valence electrons. The van der Waals surface area contributed by atoms with Crippen LogP contribution in [0, 0.1) is 5.82 Å². The van der Waals surface area contributed by atoms with Gasteiger partial charge >= 0.3 is 5.97 Å². The number of hydrogen-bond acceptors (Lipinski definition) is 3. The zero-order valence-corrected chi connectivity index (χ0v) is 11.3. The van der Waals surface area contributed by atoms with Crippen LogP contribution in [-0.2, 0) is 4.74 Å². The number of carbonyl (C=O) groups is 1. The molecule has 21 heavy (non-hydrogen) atoms. The molecule has 3 aromatic rings. The zero-order valence-electron chi connectivity index (χ0n) is 11.3. The largest absolute Gasteiger partial charge is 0.465 e. The van der Waals surface area contributed by atoms with E-state index in [1.54, 1.807) is 18.2 Å². The molecule has 2 aromatic carbocycles. The van der Waals surface area contributed by atoms with Crippen LogP contribution in [0.15, 0.2) is 54.7 Å². The molecule has 0 spiro atoms. The van der Waals surface area contributed by atoms with Crippen molar-refractivity contribution in [3.05, 3.63) is 66.1 Å². The van der Waals surface area contributed by atoms with E-state index in [2.05, 4.69) is 4.98 Å². The molecule has 4 heteroatoms. The minimum Gasteiger partial charge on any atom is -0.465 e. The van der Waals surface area contributed by atoms with Gasteiger partial charge in [0, 0.05) is 16.3 Å². The van der Waals surface area contributed by atoms with Crippen molar-refractivity contribution in [2.75, 3.05) is 7.11 Å². The van der Waals surface area contributed by atoms with Gasteiger partial charge < -0.3 is 4.74 Å². The van der Waals surface area contributed by atoms with E-state index >= 15 is 0 Å². The number of esters is 1. The zero-order chi connectivity index (χ0) is 14.8. The predicted molar refractivity (Wildman–Crippen MR) is 78.5 cm³/mol. The highest BCUT2D eigenvalue weighted by atomic mass is 19.1. The molecule has 3 rings (SSSR count). The number of rotatable bonds is 2. The third-order valence-corrected chi connectivity index (χ3v) is 3.31. The number of aromatic nitrogens is 1. The van der Waals surface area contributed by atoms with E-state index < -0.39 is 11.8 Å². The predicted octanol–water partition coefficient (Wildman–Crippen LogP) is 3.83. The van der Waals surface area contributed by atoms with Gasteiger partial charge in [-0.05, 0) is 12.1 Å². The van der Waals surface area contributed by atoms with Crippen molar-refractivity contribution in [1.29, 1.82) is 0 Å². The number of fused-ring (bicyclic) bond motifs is 1. The Morgan fingerprint density at radius 1 is 1.10 bits per heavy atom. The van der Waals surface area contributed by atoms with E-state index in [4.69, 9.17) is 4.74 Å². The summed E-state index contributed by atoms with van der Waals surface area (Å²) in [6, 6.07) is 14.2. The summed E-state index contributed by atoms with van der Waals surface area (Å²) in [5, 5.41) is 1.01. The number of benzene rings is 2. The van der Waals surface area contributed by atoms with Crippen LogP contribution in [0.2, 0.25) is 0 Å². The Bertz CT molecular complexity index is 816. The fraction of sp³-hybridized carbons (Fsp3) is 0.0588. The van der Waals surface area contributed by atoms with Crippen LogP contribution >= 0.6 is 0 Å². The van der Waals surface area contributed by atoms with Gasteiger partial charge in [0.1, 0.15) is 5.82 Å². The van der Waals surface area contributed by atoms with Gasteiger partial charge in [-0.15, -0.1) is 0 Å². The molecule has 0 aliphatic heterocycles. The lowest BCUT2D eigenvalue weighted by Crippen LogP contribution is -2.01.